The number of hydrogen-bond acceptors (Lipinski definition) is 2. The maximum Gasteiger partial charge on any atom is 0.223 e. The molecule has 1 aliphatic carbocycles. The summed E-state index contributed by atoms with van der Waals surface area (Å²) >= 11 is 0. The number of halogens is 1. The molecule has 0 unspecified atom stereocenters. The van der Waals surface area contributed by atoms with Gasteiger partial charge in [-0.25, -0.2) is 4.39 Å². The van der Waals surface area contributed by atoms with Crippen molar-refractivity contribution in [2.75, 3.05) is 20.2 Å². The van der Waals surface area contributed by atoms with Crippen molar-refractivity contribution < 1.29 is 13.9 Å². The molecule has 1 amide bonds. The van der Waals surface area contributed by atoms with E-state index in [1.54, 1.807) is 19.2 Å². The van der Waals surface area contributed by atoms with Crippen LogP contribution in [-0.2, 0) is 37.0 Å². The molecule has 0 saturated heterocycles. The van der Waals surface area contributed by atoms with Crippen LogP contribution in [0.5, 0.6) is 5.75 Å². The lowest BCUT2D eigenvalue weighted by molar-refractivity contribution is -0.129. The van der Waals surface area contributed by atoms with E-state index < -0.39 is 0 Å². The first-order valence-electron chi connectivity index (χ1n) is 11.7. The first-order chi connectivity index (χ1) is 16.1. The molecule has 0 saturated carbocycles. The van der Waals surface area contributed by atoms with E-state index >= 15 is 0 Å². The van der Waals surface area contributed by atoms with Crippen molar-refractivity contribution in [3.05, 3.63) is 88.9 Å². The number of fused-ring (bicyclic) bond motifs is 3. The number of ether oxygens (including phenoxy) is 1. The molecule has 5 heteroatoms. The van der Waals surface area contributed by atoms with E-state index in [0.29, 0.717) is 25.9 Å². The van der Waals surface area contributed by atoms with E-state index in [1.807, 2.05) is 29.2 Å². The number of aromatic nitrogens is 1. The molecular formula is C28H29FN2O2. The topological polar surface area (TPSA) is 34.5 Å². The Balaban J connectivity index is 1.46. The number of hydrogen-bond donors (Lipinski definition) is 0. The van der Waals surface area contributed by atoms with E-state index in [-0.39, 0.29) is 11.7 Å². The highest BCUT2D eigenvalue weighted by atomic mass is 19.1. The average molecular weight is 445 g/mol. The summed E-state index contributed by atoms with van der Waals surface area (Å²) < 4.78 is 21.6. The quantitative estimate of drug-likeness (QED) is 0.482. The summed E-state index contributed by atoms with van der Waals surface area (Å²) in [6.45, 7) is 2.18. The SMILES string of the molecule is COc1ccc2c(c1)CCc1cc(CCC(=O)N3CC=CC3)n(CCc3cccc(F)c3)c1-2. The van der Waals surface area contributed by atoms with Crippen molar-refractivity contribution in [1.29, 1.82) is 0 Å². The predicted molar refractivity (Wildman–Crippen MR) is 128 cm³/mol. The van der Waals surface area contributed by atoms with Crippen molar-refractivity contribution in [3.8, 4) is 17.0 Å². The summed E-state index contributed by atoms with van der Waals surface area (Å²) in [5.74, 6) is 0.866. The first-order valence-corrected chi connectivity index (χ1v) is 11.7. The third-order valence-corrected chi connectivity index (χ3v) is 6.77. The van der Waals surface area contributed by atoms with E-state index in [2.05, 4.69) is 22.8 Å². The Hall–Kier alpha value is -3.34. The van der Waals surface area contributed by atoms with Gasteiger partial charge < -0.3 is 14.2 Å². The molecule has 33 heavy (non-hydrogen) atoms. The van der Waals surface area contributed by atoms with Crippen molar-refractivity contribution in [1.82, 2.24) is 9.47 Å². The van der Waals surface area contributed by atoms with Crippen molar-refractivity contribution in [3.63, 3.8) is 0 Å². The van der Waals surface area contributed by atoms with Gasteiger partial charge in [0.25, 0.3) is 0 Å². The molecular weight excluding hydrogens is 415 g/mol. The maximum absolute atomic E-state index is 13.7. The highest BCUT2D eigenvalue weighted by Gasteiger charge is 2.24. The van der Waals surface area contributed by atoms with Gasteiger partial charge in [0, 0.05) is 37.3 Å². The Kier molecular flexibility index (Phi) is 6.03. The van der Waals surface area contributed by atoms with E-state index in [1.165, 1.54) is 34.1 Å². The number of methoxy groups -OCH3 is 1. The summed E-state index contributed by atoms with van der Waals surface area (Å²) in [4.78, 5) is 14.6. The van der Waals surface area contributed by atoms with E-state index in [4.69, 9.17) is 4.74 Å². The van der Waals surface area contributed by atoms with Gasteiger partial charge in [-0.3, -0.25) is 4.79 Å². The fourth-order valence-corrected chi connectivity index (χ4v) is 5.05. The molecule has 5 rings (SSSR count). The first kappa shape index (κ1) is 21.5. The number of carbonyl (C=O) groups excluding carboxylic acids is 1. The minimum Gasteiger partial charge on any atom is -0.497 e. The largest absolute Gasteiger partial charge is 0.497 e. The zero-order chi connectivity index (χ0) is 22.8. The Morgan fingerprint density at radius 1 is 1.00 bits per heavy atom. The Bertz CT molecular complexity index is 1200. The standard InChI is InChI=1S/C28H29FN2O2/c1-33-25-10-11-26-21(19-25)7-8-22-18-24(9-12-27(32)30-14-2-3-15-30)31(28(22)26)16-13-20-5-4-6-23(29)17-20/h2-6,10-11,17-19H,7-9,12-16H2,1H3. The molecule has 2 aliphatic rings. The lowest BCUT2D eigenvalue weighted by Crippen LogP contribution is -2.28. The average Bonchev–Trinajstić information content (AvgIpc) is 3.49. The molecule has 0 spiro atoms. The fourth-order valence-electron chi connectivity index (χ4n) is 5.05. The number of amides is 1. The van der Waals surface area contributed by atoms with Gasteiger partial charge in [0.1, 0.15) is 11.6 Å². The van der Waals surface area contributed by atoms with Crippen LogP contribution in [0.15, 0.2) is 60.7 Å². The second-order valence-electron chi connectivity index (χ2n) is 8.83. The lowest BCUT2D eigenvalue weighted by atomic mass is 9.90. The molecule has 2 heterocycles. The molecule has 0 radical (unpaired) electrons. The zero-order valence-corrected chi connectivity index (χ0v) is 19.0. The van der Waals surface area contributed by atoms with Crippen molar-refractivity contribution in [2.45, 2.75) is 38.6 Å². The summed E-state index contributed by atoms with van der Waals surface area (Å²) in [5.41, 5.74) is 7.25. The molecule has 3 aromatic rings. The normalized spacial score (nSPS) is 14.3. The smallest absolute Gasteiger partial charge is 0.223 e. The molecule has 4 nitrogen and oxygen atoms in total. The summed E-state index contributed by atoms with van der Waals surface area (Å²) in [6.07, 6.45) is 7.98. The van der Waals surface area contributed by atoms with E-state index in [9.17, 15) is 9.18 Å². The number of benzene rings is 2. The van der Waals surface area contributed by atoms with Crippen LogP contribution in [0.4, 0.5) is 4.39 Å². The predicted octanol–water partition coefficient (Wildman–Crippen LogP) is 4.98. The van der Waals surface area contributed by atoms with Gasteiger partial charge >= 0.3 is 0 Å². The van der Waals surface area contributed by atoms with E-state index in [0.717, 1.165) is 37.1 Å². The summed E-state index contributed by atoms with van der Waals surface area (Å²) in [7, 11) is 1.70. The Labute approximate surface area is 194 Å². The van der Waals surface area contributed by atoms with Crippen LogP contribution < -0.4 is 4.74 Å². The monoisotopic (exact) mass is 444 g/mol. The number of nitrogens with zero attached hydrogens (tertiary/aromatic N) is 2. The van der Waals surface area contributed by atoms with Crippen LogP contribution in [0.1, 0.15) is 28.8 Å². The third kappa shape index (κ3) is 4.45. The summed E-state index contributed by atoms with van der Waals surface area (Å²) in [5, 5.41) is 0. The van der Waals surface area contributed by atoms with Gasteiger partial charge in [0.2, 0.25) is 5.91 Å². The van der Waals surface area contributed by atoms with Gasteiger partial charge in [-0.15, -0.1) is 0 Å². The highest BCUT2D eigenvalue weighted by molar-refractivity contribution is 5.77. The number of aryl methyl sites for hydroxylation is 4. The number of rotatable bonds is 7. The number of carbonyl (C=O) groups is 1. The van der Waals surface area contributed by atoms with Crippen LogP contribution in [0.3, 0.4) is 0 Å². The Morgan fingerprint density at radius 2 is 1.82 bits per heavy atom. The van der Waals surface area contributed by atoms with Crippen LogP contribution in [0, 0.1) is 5.82 Å². The van der Waals surface area contributed by atoms with Crippen LogP contribution in [0.25, 0.3) is 11.3 Å². The van der Waals surface area contributed by atoms with Gasteiger partial charge in [-0.05, 0) is 78.8 Å². The van der Waals surface area contributed by atoms with Gasteiger partial charge in [0.15, 0.2) is 0 Å². The molecule has 0 fully saturated rings. The molecule has 1 aromatic heterocycles. The lowest BCUT2D eigenvalue weighted by Gasteiger charge is -2.22. The molecule has 1 aliphatic heterocycles. The highest BCUT2D eigenvalue weighted by Crippen LogP contribution is 2.38. The third-order valence-electron chi connectivity index (χ3n) is 6.77. The van der Waals surface area contributed by atoms with Crippen LogP contribution in [-0.4, -0.2) is 35.6 Å². The van der Waals surface area contributed by atoms with Crippen LogP contribution >= 0.6 is 0 Å². The Morgan fingerprint density at radius 3 is 2.61 bits per heavy atom. The minimum absolute atomic E-state index is 0.195. The van der Waals surface area contributed by atoms with Crippen LogP contribution in [0.2, 0.25) is 0 Å². The maximum atomic E-state index is 13.7. The van der Waals surface area contributed by atoms with Crippen molar-refractivity contribution in [2.24, 2.45) is 0 Å². The van der Waals surface area contributed by atoms with Gasteiger partial charge in [0.05, 0.1) is 12.8 Å². The molecule has 0 atom stereocenters. The van der Waals surface area contributed by atoms with Crippen molar-refractivity contribution >= 4 is 5.91 Å². The molecule has 0 N–H and O–H groups in total. The van der Waals surface area contributed by atoms with Gasteiger partial charge in [-0.2, -0.15) is 0 Å². The second kappa shape index (κ2) is 9.26. The zero-order valence-electron chi connectivity index (χ0n) is 19.0. The fraction of sp³-hybridized carbons (Fsp3) is 0.321. The molecule has 170 valence electrons. The molecule has 0 bridgehead atoms. The molecule has 2 aromatic carbocycles. The minimum atomic E-state index is -0.204. The second-order valence-corrected chi connectivity index (χ2v) is 8.83. The van der Waals surface area contributed by atoms with Gasteiger partial charge in [-0.1, -0.05) is 24.3 Å². The summed E-state index contributed by atoms with van der Waals surface area (Å²) in [6, 6.07) is 15.4.